The lowest BCUT2D eigenvalue weighted by Crippen LogP contribution is -2.14. The van der Waals surface area contributed by atoms with E-state index in [9.17, 15) is 22.8 Å². The van der Waals surface area contributed by atoms with Crippen molar-refractivity contribution in [2.45, 2.75) is 0 Å². The fraction of sp³-hybridized carbons (Fsp3) is 0.0526. The number of benzene rings is 2. The number of methoxy groups -OCH3 is 1. The molecule has 1 aromatic heterocycles. The standard InChI is InChI=1S/C19H12F3NO4/c1-26-19(25)11-8-15(14(22)9-13(11)21)23-18(24)17-7-6-16(27-17)10-4-2-3-5-12(10)20/h2-9H,1H3,(H,23,24). The van der Waals surface area contributed by atoms with Crippen LogP contribution >= 0.6 is 0 Å². The number of anilines is 1. The summed E-state index contributed by atoms with van der Waals surface area (Å²) >= 11 is 0. The normalized spacial score (nSPS) is 10.5. The van der Waals surface area contributed by atoms with Crippen molar-refractivity contribution in [1.82, 2.24) is 0 Å². The first-order chi connectivity index (χ1) is 12.9. The van der Waals surface area contributed by atoms with Gasteiger partial charge in [-0.15, -0.1) is 0 Å². The Bertz CT molecular complexity index is 1030. The quantitative estimate of drug-likeness (QED) is 0.686. The number of carbonyl (C=O) groups is 2. The Labute approximate surface area is 151 Å². The zero-order chi connectivity index (χ0) is 19.6. The van der Waals surface area contributed by atoms with Crippen molar-refractivity contribution in [3.8, 4) is 11.3 Å². The van der Waals surface area contributed by atoms with Crippen LogP contribution in [0.2, 0.25) is 0 Å². The van der Waals surface area contributed by atoms with Gasteiger partial charge in [-0.1, -0.05) is 12.1 Å². The topological polar surface area (TPSA) is 68.5 Å². The molecule has 1 heterocycles. The van der Waals surface area contributed by atoms with Gasteiger partial charge in [0.15, 0.2) is 5.76 Å². The second-order valence-corrected chi connectivity index (χ2v) is 5.40. The first kappa shape index (κ1) is 18.2. The number of carbonyl (C=O) groups excluding carboxylic acids is 2. The second kappa shape index (κ2) is 7.36. The molecule has 27 heavy (non-hydrogen) atoms. The van der Waals surface area contributed by atoms with E-state index in [-0.39, 0.29) is 17.1 Å². The monoisotopic (exact) mass is 375 g/mol. The lowest BCUT2D eigenvalue weighted by Gasteiger charge is -2.08. The average Bonchev–Trinajstić information content (AvgIpc) is 3.13. The van der Waals surface area contributed by atoms with E-state index in [1.165, 1.54) is 30.3 Å². The summed E-state index contributed by atoms with van der Waals surface area (Å²) in [5.41, 5.74) is -0.830. The van der Waals surface area contributed by atoms with Gasteiger partial charge < -0.3 is 14.5 Å². The van der Waals surface area contributed by atoms with Gasteiger partial charge in [-0.2, -0.15) is 0 Å². The average molecular weight is 375 g/mol. The number of ether oxygens (including phenoxy) is 1. The smallest absolute Gasteiger partial charge is 0.340 e. The highest BCUT2D eigenvalue weighted by Gasteiger charge is 2.20. The number of hydrogen-bond donors (Lipinski definition) is 1. The summed E-state index contributed by atoms with van der Waals surface area (Å²) in [6.07, 6.45) is 0. The lowest BCUT2D eigenvalue weighted by molar-refractivity contribution is 0.0595. The fourth-order valence-electron chi connectivity index (χ4n) is 2.36. The molecule has 0 aliphatic rings. The Morgan fingerprint density at radius 3 is 2.41 bits per heavy atom. The third-order valence-corrected chi connectivity index (χ3v) is 3.68. The summed E-state index contributed by atoms with van der Waals surface area (Å²) in [7, 11) is 1.04. The maximum atomic E-state index is 13.9. The van der Waals surface area contributed by atoms with E-state index in [1.807, 2.05) is 0 Å². The molecule has 0 spiro atoms. The maximum Gasteiger partial charge on any atom is 0.340 e. The van der Waals surface area contributed by atoms with Crippen LogP contribution in [-0.4, -0.2) is 19.0 Å². The number of esters is 1. The number of furan rings is 1. The Morgan fingerprint density at radius 2 is 1.70 bits per heavy atom. The van der Waals surface area contributed by atoms with E-state index in [4.69, 9.17) is 4.42 Å². The highest BCUT2D eigenvalue weighted by molar-refractivity contribution is 6.03. The van der Waals surface area contributed by atoms with E-state index in [2.05, 4.69) is 10.1 Å². The Balaban J connectivity index is 1.86. The molecule has 0 aliphatic carbocycles. The van der Waals surface area contributed by atoms with Crippen LogP contribution in [0.5, 0.6) is 0 Å². The highest BCUT2D eigenvalue weighted by atomic mass is 19.1. The first-order valence-corrected chi connectivity index (χ1v) is 7.64. The van der Waals surface area contributed by atoms with Crippen LogP contribution in [0, 0.1) is 17.5 Å². The van der Waals surface area contributed by atoms with Gasteiger partial charge in [0.2, 0.25) is 0 Å². The Kier molecular flexibility index (Phi) is 4.98. The van der Waals surface area contributed by atoms with Crippen LogP contribution in [-0.2, 0) is 4.74 Å². The number of nitrogens with one attached hydrogen (secondary N) is 1. The molecular weight excluding hydrogens is 363 g/mol. The van der Waals surface area contributed by atoms with Crippen molar-refractivity contribution >= 4 is 17.6 Å². The van der Waals surface area contributed by atoms with E-state index >= 15 is 0 Å². The molecule has 0 saturated heterocycles. The van der Waals surface area contributed by atoms with Gasteiger partial charge in [0, 0.05) is 6.07 Å². The van der Waals surface area contributed by atoms with E-state index < -0.39 is 40.6 Å². The summed E-state index contributed by atoms with van der Waals surface area (Å²) in [5.74, 6) is -4.76. The fourth-order valence-corrected chi connectivity index (χ4v) is 2.36. The van der Waals surface area contributed by atoms with Gasteiger partial charge in [0.25, 0.3) is 5.91 Å². The molecular formula is C19H12F3NO4. The predicted octanol–water partition coefficient (Wildman–Crippen LogP) is 4.40. The lowest BCUT2D eigenvalue weighted by atomic mass is 10.1. The molecule has 0 atom stereocenters. The molecule has 138 valence electrons. The Hall–Kier alpha value is -3.55. The summed E-state index contributed by atoms with van der Waals surface area (Å²) < 4.78 is 51.1. The summed E-state index contributed by atoms with van der Waals surface area (Å²) in [5, 5.41) is 2.18. The van der Waals surface area contributed by atoms with Crippen molar-refractivity contribution in [3.63, 3.8) is 0 Å². The highest BCUT2D eigenvalue weighted by Crippen LogP contribution is 2.26. The number of amides is 1. The molecule has 8 heteroatoms. The predicted molar refractivity (Wildman–Crippen MR) is 89.8 cm³/mol. The minimum absolute atomic E-state index is 0.105. The third kappa shape index (κ3) is 3.69. The van der Waals surface area contributed by atoms with E-state index in [0.717, 1.165) is 13.2 Å². The minimum atomic E-state index is -1.13. The molecule has 0 unspecified atom stereocenters. The molecule has 2 aromatic carbocycles. The van der Waals surface area contributed by atoms with Crippen molar-refractivity contribution in [3.05, 3.63) is 77.3 Å². The maximum absolute atomic E-state index is 13.9. The third-order valence-electron chi connectivity index (χ3n) is 3.68. The molecule has 0 bridgehead atoms. The van der Waals surface area contributed by atoms with Gasteiger partial charge in [-0.3, -0.25) is 4.79 Å². The molecule has 0 aliphatic heterocycles. The van der Waals surface area contributed by atoms with E-state index in [1.54, 1.807) is 6.07 Å². The SMILES string of the molecule is COC(=O)c1cc(NC(=O)c2ccc(-c3ccccc3F)o2)c(F)cc1F. The van der Waals surface area contributed by atoms with Crippen LogP contribution in [0.3, 0.4) is 0 Å². The largest absolute Gasteiger partial charge is 0.465 e. The van der Waals surface area contributed by atoms with Gasteiger partial charge in [-0.05, 0) is 30.3 Å². The van der Waals surface area contributed by atoms with Crippen LogP contribution in [0.25, 0.3) is 11.3 Å². The molecule has 1 N–H and O–H groups in total. The zero-order valence-electron chi connectivity index (χ0n) is 13.9. The van der Waals surface area contributed by atoms with Crippen LogP contribution in [0.4, 0.5) is 18.9 Å². The van der Waals surface area contributed by atoms with Crippen LogP contribution in [0.1, 0.15) is 20.9 Å². The molecule has 0 saturated carbocycles. The summed E-state index contributed by atoms with van der Waals surface area (Å²) in [6, 6.07) is 9.74. The molecule has 3 aromatic rings. The second-order valence-electron chi connectivity index (χ2n) is 5.40. The van der Waals surface area contributed by atoms with Gasteiger partial charge >= 0.3 is 5.97 Å². The van der Waals surface area contributed by atoms with Crippen LogP contribution < -0.4 is 5.32 Å². The van der Waals surface area contributed by atoms with Crippen molar-refractivity contribution in [2.24, 2.45) is 0 Å². The molecule has 3 rings (SSSR count). The molecule has 0 radical (unpaired) electrons. The van der Waals surface area contributed by atoms with Crippen molar-refractivity contribution in [2.75, 3.05) is 12.4 Å². The zero-order valence-corrected chi connectivity index (χ0v) is 13.9. The molecule has 5 nitrogen and oxygen atoms in total. The Morgan fingerprint density at radius 1 is 0.963 bits per heavy atom. The number of rotatable bonds is 4. The number of halogens is 3. The first-order valence-electron chi connectivity index (χ1n) is 7.64. The van der Waals surface area contributed by atoms with E-state index in [0.29, 0.717) is 6.07 Å². The summed E-state index contributed by atoms with van der Waals surface area (Å²) in [4.78, 5) is 23.8. The molecule has 0 fully saturated rings. The number of hydrogen-bond acceptors (Lipinski definition) is 4. The van der Waals surface area contributed by atoms with Crippen LogP contribution in [0.15, 0.2) is 52.9 Å². The summed E-state index contributed by atoms with van der Waals surface area (Å²) in [6.45, 7) is 0. The van der Waals surface area contributed by atoms with Gasteiger partial charge in [0.05, 0.1) is 23.9 Å². The van der Waals surface area contributed by atoms with Crippen molar-refractivity contribution < 1.29 is 31.9 Å². The van der Waals surface area contributed by atoms with Crippen molar-refractivity contribution in [1.29, 1.82) is 0 Å². The van der Waals surface area contributed by atoms with Gasteiger partial charge in [-0.25, -0.2) is 18.0 Å². The van der Waals surface area contributed by atoms with Gasteiger partial charge in [0.1, 0.15) is 23.2 Å². The minimum Gasteiger partial charge on any atom is -0.465 e. The molecule has 1 amide bonds.